The van der Waals surface area contributed by atoms with E-state index in [1.807, 2.05) is 6.55 Å². The lowest BCUT2D eigenvalue weighted by Crippen LogP contribution is -2.65. The predicted octanol–water partition coefficient (Wildman–Crippen LogP) is 3.50. The van der Waals surface area contributed by atoms with Crippen molar-refractivity contribution in [1.29, 1.82) is 0 Å². The standard InChI is InChI=1S/C23H62O15Si8/c1-24-40(12,25-2)18-19-41(13)35-39(16-17-44(26-3,27-4)28-5)36-42(14,20-22-45(29-6,30-7)31-8)38-43(15,37-41)21-23-46(32-9,33-10)34-11/h39H,16-23H2,1-15H3. The molecule has 1 heterocycles. The first-order chi connectivity index (χ1) is 21.5. The normalized spacial score (nSPS) is 27.1. The molecule has 23 heteroatoms. The van der Waals surface area contributed by atoms with Crippen LogP contribution < -0.4 is 0 Å². The largest absolute Gasteiger partial charge is 0.500 e. The second-order valence-corrected chi connectivity index (χ2v) is 37.9. The van der Waals surface area contributed by atoms with Crippen LogP contribution in [0.4, 0.5) is 0 Å². The van der Waals surface area contributed by atoms with Crippen molar-refractivity contribution in [2.75, 3.05) is 78.2 Å². The van der Waals surface area contributed by atoms with Crippen molar-refractivity contribution in [2.45, 2.75) is 74.5 Å². The van der Waals surface area contributed by atoms with Gasteiger partial charge in [-0.25, -0.2) is 0 Å². The van der Waals surface area contributed by atoms with Crippen LogP contribution in [0.1, 0.15) is 0 Å². The Bertz CT molecular complexity index is 847. The van der Waals surface area contributed by atoms with Gasteiger partial charge in [-0.2, -0.15) is 0 Å². The van der Waals surface area contributed by atoms with Gasteiger partial charge in [0.1, 0.15) is 0 Å². The summed E-state index contributed by atoms with van der Waals surface area (Å²) in [5.74, 6) is 0. The third-order valence-corrected chi connectivity index (χ3v) is 39.2. The molecule has 0 aromatic heterocycles. The van der Waals surface area contributed by atoms with Crippen molar-refractivity contribution in [3.05, 3.63) is 0 Å². The fraction of sp³-hybridized carbons (Fsp3) is 1.00. The van der Waals surface area contributed by atoms with Gasteiger partial charge in [-0.05, 0) is 56.4 Å². The molecule has 0 aliphatic carbocycles. The number of rotatable bonds is 23. The minimum atomic E-state index is -3.05. The molecule has 0 radical (unpaired) electrons. The van der Waals surface area contributed by atoms with Crippen LogP contribution in [-0.4, -0.2) is 148 Å². The lowest BCUT2D eigenvalue weighted by atomic mass is 10.9. The van der Waals surface area contributed by atoms with E-state index in [2.05, 4.69) is 19.6 Å². The summed E-state index contributed by atoms with van der Waals surface area (Å²) in [4.78, 5) is 0. The lowest BCUT2D eigenvalue weighted by molar-refractivity contribution is 0.123. The lowest BCUT2D eigenvalue weighted by Gasteiger charge is -2.48. The minimum absolute atomic E-state index is 0.505. The van der Waals surface area contributed by atoms with Crippen molar-refractivity contribution < 1.29 is 65.1 Å². The van der Waals surface area contributed by atoms with Crippen LogP contribution in [0, 0.1) is 0 Å². The van der Waals surface area contributed by atoms with E-state index >= 15 is 0 Å². The maximum atomic E-state index is 7.25. The summed E-state index contributed by atoms with van der Waals surface area (Å²) in [7, 11) is -4.93. The second-order valence-electron chi connectivity index (χ2n) is 11.7. The monoisotopic (exact) mass is 802 g/mol. The molecule has 0 spiro atoms. The highest BCUT2D eigenvalue weighted by atomic mass is 28.5. The van der Waals surface area contributed by atoms with Crippen LogP contribution in [0.2, 0.25) is 74.5 Å². The minimum Gasteiger partial charge on any atom is -0.418 e. The molecule has 1 saturated heterocycles. The van der Waals surface area contributed by atoms with E-state index in [9.17, 15) is 0 Å². The zero-order valence-corrected chi connectivity index (χ0v) is 39.0. The summed E-state index contributed by atoms with van der Waals surface area (Å²) in [5.41, 5.74) is 0. The maximum absolute atomic E-state index is 7.25. The van der Waals surface area contributed by atoms with Gasteiger partial charge in [-0.3, -0.25) is 0 Å². The van der Waals surface area contributed by atoms with Crippen LogP contribution in [0.15, 0.2) is 0 Å². The molecule has 4 atom stereocenters. The number of hydrogen-bond acceptors (Lipinski definition) is 15. The molecule has 0 saturated carbocycles. The molecule has 15 nitrogen and oxygen atoms in total. The Morgan fingerprint density at radius 1 is 0.435 bits per heavy atom. The Hall–Kier alpha value is 1.14. The fourth-order valence-corrected chi connectivity index (χ4v) is 39.1. The summed E-state index contributed by atoms with van der Waals surface area (Å²) in [6, 6.07) is 4.55. The quantitative estimate of drug-likeness (QED) is 0.139. The van der Waals surface area contributed by atoms with E-state index in [4.69, 9.17) is 65.1 Å². The molecule has 46 heavy (non-hydrogen) atoms. The topological polar surface area (TPSA) is 138 Å². The van der Waals surface area contributed by atoms with Crippen molar-refractivity contribution >= 4 is 69.9 Å². The Morgan fingerprint density at radius 2 is 0.739 bits per heavy atom. The van der Waals surface area contributed by atoms with E-state index in [1.165, 1.54) is 0 Å². The van der Waals surface area contributed by atoms with Gasteiger partial charge in [0, 0.05) is 96.3 Å². The summed E-state index contributed by atoms with van der Waals surface area (Å²) < 4.78 is 92.2. The van der Waals surface area contributed by atoms with Crippen LogP contribution in [-0.2, 0) is 65.1 Å². The molecule has 1 aliphatic heterocycles. The average Bonchev–Trinajstić information content (AvgIpc) is 3.05. The molecule has 4 unspecified atom stereocenters. The van der Waals surface area contributed by atoms with Crippen LogP contribution >= 0.6 is 0 Å². The summed E-state index contributed by atoms with van der Waals surface area (Å²) in [6.45, 7) is 8.28. The molecule has 1 fully saturated rings. The highest BCUT2D eigenvalue weighted by Crippen LogP contribution is 2.39. The molecule has 1 rings (SSSR count). The maximum Gasteiger partial charge on any atom is 0.500 e. The van der Waals surface area contributed by atoms with Crippen molar-refractivity contribution in [2.24, 2.45) is 0 Å². The van der Waals surface area contributed by atoms with Crippen molar-refractivity contribution in [1.82, 2.24) is 0 Å². The molecular formula is C23H62O15Si8. The van der Waals surface area contributed by atoms with Crippen LogP contribution in [0.25, 0.3) is 0 Å². The Labute approximate surface area is 286 Å². The van der Waals surface area contributed by atoms with Gasteiger partial charge in [0.25, 0.3) is 0 Å². The molecule has 0 aromatic rings. The predicted molar refractivity (Wildman–Crippen MR) is 191 cm³/mol. The first kappa shape index (κ1) is 45.2. The van der Waals surface area contributed by atoms with Crippen molar-refractivity contribution in [3.63, 3.8) is 0 Å². The Kier molecular flexibility index (Phi) is 19.3. The van der Waals surface area contributed by atoms with Gasteiger partial charge < -0.3 is 65.1 Å². The van der Waals surface area contributed by atoms with Gasteiger partial charge in [0.2, 0.25) is 0 Å². The SMILES string of the molecule is CO[Si](C)(CC[Si]1(C)O[SiH](CC[Si](OC)(OC)OC)O[Si](C)(CC[Si](OC)(OC)OC)O[Si](C)(CC[Si](OC)(OC)OC)O1)OC. The number of hydrogen-bond donors (Lipinski definition) is 0. The molecule has 1 aliphatic rings. The van der Waals surface area contributed by atoms with E-state index in [0.717, 1.165) is 0 Å². The fourth-order valence-electron chi connectivity index (χ4n) is 5.47. The van der Waals surface area contributed by atoms with E-state index in [0.29, 0.717) is 48.4 Å². The third kappa shape index (κ3) is 12.7. The van der Waals surface area contributed by atoms with Crippen LogP contribution in [0.3, 0.4) is 0 Å². The molecule has 0 N–H and O–H groups in total. The van der Waals surface area contributed by atoms with E-state index in [1.54, 1.807) is 78.2 Å². The van der Waals surface area contributed by atoms with Gasteiger partial charge >= 0.3 is 69.9 Å². The average molecular weight is 803 g/mol. The highest BCUT2D eigenvalue weighted by molar-refractivity contribution is 6.91. The van der Waals surface area contributed by atoms with E-state index < -0.39 is 69.9 Å². The molecular weight excluding hydrogens is 741 g/mol. The van der Waals surface area contributed by atoms with Gasteiger partial charge in [-0.1, -0.05) is 0 Å². The molecule has 0 amide bonds. The summed E-state index contributed by atoms with van der Waals surface area (Å²) >= 11 is 0. The second kappa shape index (κ2) is 19.7. The van der Waals surface area contributed by atoms with Gasteiger partial charge in [-0.15, -0.1) is 0 Å². The highest BCUT2D eigenvalue weighted by Gasteiger charge is 2.56. The first-order valence-corrected chi connectivity index (χ1v) is 33.0. The molecule has 0 bridgehead atoms. The zero-order valence-electron chi connectivity index (χ0n) is 30.9. The smallest absolute Gasteiger partial charge is 0.418 e. The van der Waals surface area contributed by atoms with Gasteiger partial charge in [0.15, 0.2) is 0 Å². The third-order valence-electron chi connectivity index (χ3n) is 8.78. The Balaban J connectivity index is 3.66. The van der Waals surface area contributed by atoms with Crippen molar-refractivity contribution in [3.8, 4) is 0 Å². The van der Waals surface area contributed by atoms with Crippen LogP contribution in [0.5, 0.6) is 0 Å². The van der Waals surface area contributed by atoms with Gasteiger partial charge in [0.05, 0.1) is 0 Å². The molecule has 276 valence electrons. The first-order valence-electron chi connectivity index (χ1n) is 15.3. The summed E-state index contributed by atoms with van der Waals surface area (Å²) in [6.07, 6.45) is 0. The molecule has 0 aromatic carbocycles. The summed E-state index contributed by atoms with van der Waals surface area (Å²) in [5, 5.41) is 0. The zero-order chi connectivity index (χ0) is 35.3. The Morgan fingerprint density at radius 3 is 1.07 bits per heavy atom. The van der Waals surface area contributed by atoms with E-state index in [-0.39, 0.29) is 0 Å².